The van der Waals surface area contributed by atoms with E-state index in [-0.39, 0.29) is 5.41 Å². The van der Waals surface area contributed by atoms with Crippen LogP contribution in [0.4, 0.5) is 0 Å². The van der Waals surface area contributed by atoms with Gasteiger partial charge in [-0.25, -0.2) is 0 Å². The molecule has 0 amide bonds. The van der Waals surface area contributed by atoms with Gasteiger partial charge in [-0.05, 0) is 67.2 Å². The molecule has 3 aliphatic heterocycles. The van der Waals surface area contributed by atoms with Crippen molar-refractivity contribution >= 4 is 0 Å². The predicted molar refractivity (Wildman–Crippen MR) is 105 cm³/mol. The Hall–Kier alpha value is -0.560. The van der Waals surface area contributed by atoms with Crippen LogP contribution in [-0.4, -0.2) is 50.0 Å². The summed E-state index contributed by atoms with van der Waals surface area (Å²) < 4.78 is 10.7. The highest BCUT2D eigenvalue weighted by Crippen LogP contribution is 2.42. The summed E-state index contributed by atoms with van der Waals surface area (Å²) in [6, 6.07) is 0. The summed E-state index contributed by atoms with van der Waals surface area (Å²) in [5.74, 6) is 7.20. The molecular weight excluding hydrogens is 310 g/mol. The fourth-order valence-electron chi connectivity index (χ4n) is 3.52. The minimum absolute atomic E-state index is 0.151. The van der Waals surface area contributed by atoms with Crippen molar-refractivity contribution in [2.24, 2.45) is 16.7 Å². The minimum atomic E-state index is 0.151. The lowest BCUT2D eigenvalue weighted by Crippen LogP contribution is -2.63. The lowest BCUT2D eigenvalue weighted by molar-refractivity contribution is -0.113. The highest BCUT2D eigenvalue weighted by Gasteiger charge is 2.46. The maximum atomic E-state index is 5.40. The number of nitrogens with zero attached hydrogens (tertiary/aromatic N) is 1. The van der Waals surface area contributed by atoms with Gasteiger partial charge in [-0.15, -0.1) is 0 Å². The molecule has 3 rings (SSSR count). The minimum Gasteiger partial charge on any atom is -0.381 e. The third-order valence-corrected chi connectivity index (χ3v) is 5.43. The van der Waals surface area contributed by atoms with Crippen LogP contribution in [-0.2, 0) is 9.47 Å². The van der Waals surface area contributed by atoms with E-state index in [9.17, 15) is 0 Å². The number of ether oxygens (including phenoxy) is 2. The van der Waals surface area contributed by atoms with E-state index in [2.05, 4.69) is 58.3 Å². The van der Waals surface area contributed by atoms with Crippen LogP contribution in [0.15, 0.2) is 0 Å². The molecule has 25 heavy (non-hydrogen) atoms. The summed E-state index contributed by atoms with van der Waals surface area (Å²) in [4.78, 5) is 2.58. The molecule has 0 aromatic rings. The molecule has 1 spiro atoms. The molecule has 3 fully saturated rings. The van der Waals surface area contributed by atoms with Crippen molar-refractivity contribution < 1.29 is 9.47 Å². The Morgan fingerprint density at radius 2 is 1.36 bits per heavy atom. The monoisotopic (exact) mass is 349 g/mol. The van der Waals surface area contributed by atoms with Crippen LogP contribution in [0.3, 0.4) is 0 Å². The Morgan fingerprint density at radius 1 is 0.840 bits per heavy atom. The van der Waals surface area contributed by atoms with Crippen LogP contribution in [0.5, 0.6) is 0 Å². The first-order valence-electron chi connectivity index (χ1n) is 10.0. The van der Waals surface area contributed by atoms with Crippen LogP contribution < -0.4 is 0 Å². The number of hydrogen-bond acceptors (Lipinski definition) is 3. The Morgan fingerprint density at radius 3 is 1.84 bits per heavy atom. The van der Waals surface area contributed by atoms with Crippen molar-refractivity contribution in [2.75, 3.05) is 39.5 Å². The molecule has 3 heterocycles. The van der Waals surface area contributed by atoms with Crippen molar-refractivity contribution in [3.63, 3.8) is 0 Å². The van der Waals surface area contributed by atoms with E-state index in [0.29, 0.717) is 16.9 Å². The first kappa shape index (κ1) is 20.7. The van der Waals surface area contributed by atoms with Gasteiger partial charge in [-0.1, -0.05) is 11.8 Å². The molecule has 0 N–H and O–H groups in total. The maximum Gasteiger partial charge on any atom is 0.0477 e. The van der Waals surface area contributed by atoms with Crippen molar-refractivity contribution in [3.8, 4) is 11.8 Å². The second-order valence-corrected chi connectivity index (χ2v) is 10.0. The third-order valence-electron chi connectivity index (χ3n) is 5.43. The zero-order valence-electron chi connectivity index (χ0n) is 17.4. The average molecular weight is 350 g/mol. The Kier molecular flexibility index (Phi) is 6.99. The van der Waals surface area contributed by atoms with E-state index in [1.165, 1.54) is 25.9 Å². The second kappa shape index (κ2) is 8.42. The molecule has 3 saturated heterocycles. The van der Waals surface area contributed by atoms with Gasteiger partial charge in [0, 0.05) is 61.8 Å². The van der Waals surface area contributed by atoms with Crippen molar-refractivity contribution in [1.29, 1.82) is 0 Å². The first-order chi connectivity index (χ1) is 11.6. The maximum absolute atomic E-state index is 5.40. The largest absolute Gasteiger partial charge is 0.381 e. The summed E-state index contributed by atoms with van der Waals surface area (Å²) >= 11 is 0. The third kappa shape index (κ3) is 6.93. The number of rotatable bonds is 0. The summed E-state index contributed by atoms with van der Waals surface area (Å²) in [6.07, 6.45) is 4.78. The van der Waals surface area contributed by atoms with Gasteiger partial charge in [0.25, 0.3) is 0 Å². The van der Waals surface area contributed by atoms with Crippen LogP contribution in [0.25, 0.3) is 0 Å². The molecule has 3 aliphatic rings. The van der Waals surface area contributed by atoms with Gasteiger partial charge in [0.2, 0.25) is 0 Å². The molecule has 0 saturated carbocycles. The van der Waals surface area contributed by atoms with Crippen LogP contribution in [0, 0.1) is 28.6 Å². The summed E-state index contributed by atoms with van der Waals surface area (Å²) in [6.45, 7) is 19.7. The fraction of sp³-hybridized carbons (Fsp3) is 0.909. The highest BCUT2D eigenvalue weighted by atomic mass is 16.5. The Bertz CT molecular complexity index is 455. The van der Waals surface area contributed by atoms with E-state index < -0.39 is 0 Å². The Balaban J connectivity index is 0.000000181. The molecule has 144 valence electrons. The van der Waals surface area contributed by atoms with Crippen molar-refractivity contribution in [1.82, 2.24) is 4.90 Å². The van der Waals surface area contributed by atoms with Crippen LogP contribution in [0.1, 0.15) is 67.2 Å². The Labute approximate surface area is 155 Å². The zero-order valence-corrected chi connectivity index (χ0v) is 17.4. The first-order valence-corrected chi connectivity index (χ1v) is 10.0. The topological polar surface area (TPSA) is 21.7 Å². The van der Waals surface area contributed by atoms with Gasteiger partial charge >= 0.3 is 0 Å². The molecule has 0 bridgehead atoms. The lowest BCUT2D eigenvalue weighted by Gasteiger charge is -2.57. The smallest absolute Gasteiger partial charge is 0.0477 e. The molecule has 0 atom stereocenters. The average Bonchev–Trinajstić information content (AvgIpc) is 2.51. The van der Waals surface area contributed by atoms with Gasteiger partial charge in [-0.2, -0.15) is 0 Å². The van der Waals surface area contributed by atoms with E-state index in [0.717, 1.165) is 39.3 Å². The van der Waals surface area contributed by atoms with Gasteiger partial charge in [0.15, 0.2) is 0 Å². The number of hydrogen-bond donors (Lipinski definition) is 0. The standard InChI is InChI=1S/C11H21NO.C11H18O/c1-10(2,3)12-8-11(9-12)4-6-13-7-5-11;1-11(2,3)7-4-10-5-8-12-9-6-10/h4-9H2,1-3H3;10H,5-6,8-9H2,1-3H3. The SMILES string of the molecule is CC(C)(C)C#CC1CCOCC1.CC(C)(C)N1CC2(CCOCC2)C1. The van der Waals surface area contributed by atoms with E-state index in [4.69, 9.17) is 9.47 Å². The predicted octanol–water partition coefficient (Wildman–Crippen LogP) is 4.36. The molecule has 0 aromatic carbocycles. The highest BCUT2D eigenvalue weighted by molar-refractivity contribution is 5.10. The number of likely N-dealkylation sites (tertiary alicyclic amines) is 1. The lowest BCUT2D eigenvalue weighted by atomic mass is 9.71. The molecule has 0 unspecified atom stereocenters. The second-order valence-electron chi connectivity index (χ2n) is 10.0. The zero-order chi connectivity index (χ0) is 18.6. The summed E-state index contributed by atoms with van der Waals surface area (Å²) in [7, 11) is 0. The normalized spacial score (nSPS) is 24.6. The van der Waals surface area contributed by atoms with E-state index in [1.807, 2.05) is 0 Å². The van der Waals surface area contributed by atoms with E-state index in [1.54, 1.807) is 0 Å². The molecule has 0 aromatic heterocycles. The van der Waals surface area contributed by atoms with Crippen LogP contribution in [0.2, 0.25) is 0 Å². The van der Waals surface area contributed by atoms with Gasteiger partial charge in [0.1, 0.15) is 0 Å². The van der Waals surface area contributed by atoms with Gasteiger partial charge in [0.05, 0.1) is 0 Å². The van der Waals surface area contributed by atoms with Gasteiger partial charge in [-0.3, -0.25) is 4.90 Å². The molecular formula is C22H39NO2. The molecule has 0 aliphatic carbocycles. The summed E-state index contributed by atoms with van der Waals surface area (Å²) in [5.41, 5.74) is 1.15. The quantitative estimate of drug-likeness (QED) is 0.607. The van der Waals surface area contributed by atoms with E-state index >= 15 is 0 Å². The molecule has 0 radical (unpaired) electrons. The fourth-order valence-corrected chi connectivity index (χ4v) is 3.52. The summed E-state index contributed by atoms with van der Waals surface area (Å²) in [5, 5.41) is 0. The van der Waals surface area contributed by atoms with Crippen molar-refractivity contribution in [3.05, 3.63) is 0 Å². The van der Waals surface area contributed by atoms with Crippen LogP contribution >= 0.6 is 0 Å². The van der Waals surface area contributed by atoms with Gasteiger partial charge < -0.3 is 9.47 Å². The van der Waals surface area contributed by atoms with Crippen molar-refractivity contribution in [2.45, 2.75) is 72.8 Å². The molecule has 3 nitrogen and oxygen atoms in total. The molecule has 3 heteroatoms.